The summed E-state index contributed by atoms with van der Waals surface area (Å²) in [5, 5.41) is 13.8. The molecular weight excluding hydrogens is 298 g/mol. The van der Waals surface area contributed by atoms with Crippen LogP contribution in [0.3, 0.4) is 0 Å². The second kappa shape index (κ2) is 5.57. The number of carbonyl (C=O) groups is 2. The first-order chi connectivity index (χ1) is 10.9. The number of furan rings is 1. The molecule has 1 aliphatic rings. The van der Waals surface area contributed by atoms with Crippen molar-refractivity contribution >= 4 is 11.9 Å². The molecule has 3 heterocycles. The molecule has 2 aromatic heterocycles. The van der Waals surface area contributed by atoms with Gasteiger partial charge in [-0.3, -0.25) is 9.48 Å². The summed E-state index contributed by atoms with van der Waals surface area (Å²) in [6, 6.07) is 3.43. The van der Waals surface area contributed by atoms with E-state index < -0.39 is 11.5 Å². The molecule has 122 valence electrons. The molecule has 0 bridgehead atoms. The number of piperidine rings is 1. The third-order valence-electron chi connectivity index (χ3n) is 4.49. The zero-order valence-corrected chi connectivity index (χ0v) is 13.2. The third kappa shape index (κ3) is 2.52. The van der Waals surface area contributed by atoms with Crippen LogP contribution in [0, 0.1) is 13.8 Å². The molecule has 7 nitrogen and oxygen atoms in total. The first-order valence-corrected chi connectivity index (χ1v) is 7.54. The summed E-state index contributed by atoms with van der Waals surface area (Å²) in [5.41, 5.74) is -0.536. The number of aromatic nitrogens is 2. The number of aryl methyl sites for hydroxylation is 2. The normalized spacial score (nSPS) is 17.2. The van der Waals surface area contributed by atoms with Crippen molar-refractivity contribution in [3.63, 3.8) is 0 Å². The first kappa shape index (κ1) is 15.3. The van der Waals surface area contributed by atoms with Gasteiger partial charge in [0.2, 0.25) is 0 Å². The minimum atomic E-state index is -1.08. The van der Waals surface area contributed by atoms with E-state index in [4.69, 9.17) is 4.42 Å². The lowest BCUT2D eigenvalue weighted by Crippen LogP contribution is -2.52. The number of hydrogen-bond donors (Lipinski definition) is 1. The Bertz CT molecular complexity index is 725. The summed E-state index contributed by atoms with van der Waals surface area (Å²) < 4.78 is 6.90. The van der Waals surface area contributed by atoms with Gasteiger partial charge < -0.3 is 14.4 Å². The van der Waals surface area contributed by atoms with Crippen LogP contribution in [0.1, 0.15) is 34.7 Å². The van der Waals surface area contributed by atoms with Gasteiger partial charge in [0.15, 0.2) is 5.54 Å². The number of carboxylic acids is 1. The average molecular weight is 317 g/mol. The number of hydrogen-bond acceptors (Lipinski definition) is 4. The second-order valence-electron chi connectivity index (χ2n) is 5.91. The molecule has 0 aliphatic carbocycles. The monoisotopic (exact) mass is 317 g/mol. The second-order valence-corrected chi connectivity index (χ2v) is 5.91. The number of rotatable bonds is 3. The topological polar surface area (TPSA) is 88.6 Å². The highest BCUT2D eigenvalue weighted by Gasteiger charge is 2.45. The average Bonchev–Trinajstić information content (AvgIpc) is 3.16. The molecule has 0 unspecified atom stereocenters. The van der Waals surface area contributed by atoms with Gasteiger partial charge in [-0.25, -0.2) is 4.79 Å². The Morgan fingerprint density at radius 2 is 2.00 bits per heavy atom. The highest BCUT2D eigenvalue weighted by molar-refractivity contribution is 5.95. The summed E-state index contributed by atoms with van der Waals surface area (Å²) >= 11 is 0. The van der Waals surface area contributed by atoms with Crippen molar-refractivity contribution in [2.24, 2.45) is 0 Å². The molecule has 7 heteroatoms. The number of carboxylic acid groups (broad SMARTS) is 1. The van der Waals surface area contributed by atoms with Crippen LogP contribution in [0.25, 0.3) is 0 Å². The lowest BCUT2D eigenvalue weighted by Gasteiger charge is -2.38. The SMILES string of the molecule is Cc1cc(C(=O)N2CCC(C(=O)O)(n3cccn3)CC2)c(C)o1. The molecule has 0 spiro atoms. The number of likely N-dealkylation sites (tertiary alicyclic amines) is 1. The van der Waals surface area contributed by atoms with Gasteiger partial charge in [0.1, 0.15) is 11.5 Å². The van der Waals surface area contributed by atoms with Crippen LogP contribution in [0.2, 0.25) is 0 Å². The Labute approximate surface area is 133 Å². The molecule has 1 fully saturated rings. The van der Waals surface area contributed by atoms with Crippen molar-refractivity contribution in [2.45, 2.75) is 32.2 Å². The van der Waals surface area contributed by atoms with Gasteiger partial charge in [-0.05, 0) is 26.0 Å². The Hall–Kier alpha value is -2.57. The van der Waals surface area contributed by atoms with Crippen LogP contribution in [0.4, 0.5) is 0 Å². The molecule has 3 rings (SSSR count). The van der Waals surface area contributed by atoms with Crippen LogP contribution in [-0.2, 0) is 10.3 Å². The summed E-state index contributed by atoms with van der Waals surface area (Å²) in [5.74, 6) is 0.261. The minimum absolute atomic E-state index is 0.112. The third-order valence-corrected chi connectivity index (χ3v) is 4.49. The molecule has 0 saturated carbocycles. The van der Waals surface area contributed by atoms with E-state index in [0.717, 1.165) is 0 Å². The van der Waals surface area contributed by atoms with E-state index in [0.29, 0.717) is 43.0 Å². The maximum absolute atomic E-state index is 12.6. The molecule has 23 heavy (non-hydrogen) atoms. The van der Waals surface area contributed by atoms with Crippen LogP contribution < -0.4 is 0 Å². The number of carbonyl (C=O) groups excluding carboxylic acids is 1. The number of aliphatic carboxylic acids is 1. The fourth-order valence-corrected chi connectivity index (χ4v) is 3.16. The van der Waals surface area contributed by atoms with Crippen molar-refractivity contribution in [1.82, 2.24) is 14.7 Å². The van der Waals surface area contributed by atoms with E-state index in [1.165, 1.54) is 4.68 Å². The van der Waals surface area contributed by atoms with Gasteiger partial charge in [0.05, 0.1) is 5.56 Å². The zero-order chi connectivity index (χ0) is 16.6. The van der Waals surface area contributed by atoms with E-state index in [9.17, 15) is 14.7 Å². The number of amides is 1. The van der Waals surface area contributed by atoms with Crippen molar-refractivity contribution in [3.05, 3.63) is 41.6 Å². The Kier molecular flexibility index (Phi) is 3.71. The first-order valence-electron chi connectivity index (χ1n) is 7.54. The summed E-state index contributed by atoms with van der Waals surface area (Å²) in [4.78, 5) is 26.1. The summed E-state index contributed by atoms with van der Waals surface area (Å²) in [6.07, 6.45) is 3.88. The highest BCUT2D eigenvalue weighted by atomic mass is 16.4. The van der Waals surface area contributed by atoms with Crippen molar-refractivity contribution in [2.75, 3.05) is 13.1 Å². The maximum atomic E-state index is 12.6. The van der Waals surface area contributed by atoms with Crippen molar-refractivity contribution in [1.29, 1.82) is 0 Å². The smallest absolute Gasteiger partial charge is 0.331 e. The predicted molar refractivity (Wildman–Crippen MR) is 81.2 cm³/mol. The standard InChI is InChI=1S/C16H19N3O4/c1-11-10-13(12(2)23-11)14(20)18-8-4-16(5-9-18,15(21)22)19-7-3-6-17-19/h3,6-7,10H,4-5,8-9H2,1-2H3,(H,21,22). The number of nitrogens with zero attached hydrogens (tertiary/aromatic N) is 3. The van der Waals surface area contributed by atoms with Crippen LogP contribution >= 0.6 is 0 Å². The quantitative estimate of drug-likeness (QED) is 0.932. The molecule has 1 N–H and O–H groups in total. The summed E-state index contributed by atoms with van der Waals surface area (Å²) in [7, 11) is 0. The fourth-order valence-electron chi connectivity index (χ4n) is 3.16. The van der Waals surface area contributed by atoms with Gasteiger partial charge >= 0.3 is 5.97 Å². The molecule has 1 saturated heterocycles. The Morgan fingerprint density at radius 3 is 2.48 bits per heavy atom. The highest BCUT2D eigenvalue weighted by Crippen LogP contribution is 2.31. The maximum Gasteiger partial charge on any atom is 0.331 e. The van der Waals surface area contributed by atoms with E-state index in [1.807, 2.05) is 0 Å². The van der Waals surface area contributed by atoms with E-state index in [1.54, 1.807) is 43.3 Å². The van der Waals surface area contributed by atoms with Crippen molar-refractivity contribution < 1.29 is 19.1 Å². The molecule has 1 amide bonds. The van der Waals surface area contributed by atoms with Crippen LogP contribution in [0.15, 0.2) is 28.9 Å². The lowest BCUT2D eigenvalue weighted by molar-refractivity contribution is -0.150. The minimum Gasteiger partial charge on any atom is -0.479 e. The van der Waals surface area contributed by atoms with Gasteiger partial charge in [0, 0.05) is 38.3 Å². The van der Waals surface area contributed by atoms with Gasteiger partial charge in [-0.1, -0.05) is 0 Å². The van der Waals surface area contributed by atoms with Gasteiger partial charge in [-0.15, -0.1) is 0 Å². The van der Waals surface area contributed by atoms with Gasteiger partial charge in [0.25, 0.3) is 5.91 Å². The lowest BCUT2D eigenvalue weighted by atomic mass is 9.87. The van der Waals surface area contributed by atoms with E-state index in [2.05, 4.69) is 5.10 Å². The molecule has 0 aromatic carbocycles. The largest absolute Gasteiger partial charge is 0.479 e. The molecule has 1 aliphatic heterocycles. The molecule has 0 atom stereocenters. The molecule has 2 aromatic rings. The fraction of sp³-hybridized carbons (Fsp3) is 0.438. The van der Waals surface area contributed by atoms with Crippen molar-refractivity contribution in [3.8, 4) is 0 Å². The zero-order valence-electron chi connectivity index (χ0n) is 13.2. The van der Waals surface area contributed by atoms with E-state index in [-0.39, 0.29) is 5.91 Å². The predicted octanol–water partition coefficient (Wildman–Crippen LogP) is 1.81. The summed E-state index contributed by atoms with van der Waals surface area (Å²) in [6.45, 7) is 4.30. The Morgan fingerprint density at radius 1 is 1.30 bits per heavy atom. The molecule has 0 radical (unpaired) electrons. The van der Waals surface area contributed by atoms with E-state index >= 15 is 0 Å². The molecular formula is C16H19N3O4. The Balaban J connectivity index is 1.78. The van der Waals surface area contributed by atoms with Crippen LogP contribution in [0.5, 0.6) is 0 Å². The van der Waals surface area contributed by atoms with Crippen LogP contribution in [-0.4, -0.2) is 44.8 Å². The van der Waals surface area contributed by atoms with Gasteiger partial charge in [-0.2, -0.15) is 5.10 Å².